The van der Waals surface area contributed by atoms with E-state index in [9.17, 15) is 18.0 Å². The lowest BCUT2D eigenvalue weighted by molar-refractivity contribution is -0.137. The van der Waals surface area contributed by atoms with Gasteiger partial charge in [-0.15, -0.1) is 0 Å². The summed E-state index contributed by atoms with van der Waals surface area (Å²) in [6.45, 7) is 1.73. The summed E-state index contributed by atoms with van der Waals surface area (Å²) < 4.78 is 39.2. The minimum atomic E-state index is -4.61. The summed E-state index contributed by atoms with van der Waals surface area (Å²) in [6.07, 6.45) is -1.69. The van der Waals surface area contributed by atoms with Gasteiger partial charge < -0.3 is 5.32 Å². The molecule has 1 heterocycles. The van der Waals surface area contributed by atoms with Crippen molar-refractivity contribution in [1.29, 1.82) is 0 Å². The van der Waals surface area contributed by atoms with Crippen LogP contribution < -0.4 is 5.32 Å². The van der Waals surface area contributed by atoms with Gasteiger partial charge in [0.2, 0.25) is 0 Å². The van der Waals surface area contributed by atoms with Crippen LogP contribution in [0.1, 0.15) is 21.5 Å². The van der Waals surface area contributed by atoms with E-state index in [1.54, 1.807) is 13.0 Å². The van der Waals surface area contributed by atoms with Gasteiger partial charge in [0.15, 0.2) is 0 Å². The molecule has 7 heteroatoms. The number of aromatic nitrogens is 1. The zero-order chi connectivity index (χ0) is 15.6. The second-order valence-corrected chi connectivity index (χ2v) is 5.25. The highest BCUT2D eigenvalue weighted by atomic mass is 79.9. The molecule has 0 spiro atoms. The molecule has 0 fully saturated rings. The molecule has 3 nitrogen and oxygen atoms in total. The number of alkyl halides is 3. The van der Waals surface area contributed by atoms with E-state index in [0.29, 0.717) is 11.3 Å². The van der Waals surface area contributed by atoms with Crippen LogP contribution in [0.25, 0.3) is 0 Å². The van der Waals surface area contributed by atoms with Crippen LogP contribution in [-0.4, -0.2) is 10.9 Å². The second kappa shape index (κ2) is 5.85. The summed E-state index contributed by atoms with van der Waals surface area (Å²) in [5.41, 5.74) is -0.340. The van der Waals surface area contributed by atoms with Crippen molar-refractivity contribution in [3.05, 3.63) is 57.8 Å². The van der Waals surface area contributed by atoms with Crippen LogP contribution >= 0.6 is 15.9 Å². The van der Waals surface area contributed by atoms with E-state index in [-0.39, 0.29) is 4.47 Å². The fraction of sp³-hybridized carbons (Fsp3) is 0.143. The predicted octanol–water partition coefficient (Wildman–Crippen LogP) is 4.42. The van der Waals surface area contributed by atoms with Crippen molar-refractivity contribution in [3.8, 4) is 0 Å². The lowest BCUT2D eigenvalue weighted by Gasteiger charge is -2.14. The molecule has 0 aliphatic heterocycles. The number of benzene rings is 1. The molecule has 1 aromatic carbocycles. The summed E-state index contributed by atoms with van der Waals surface area (Å²) in [5, 5.41) is 2.44. The van der Waals surface area contributed by atoms with Gasteiger partial charge in [-0.2, -0.15) is 13.2 Å². The molecule has 2 rings (SSSR count). The molecule has 0 atom stereocenters. The maximum absolute atomic E-state index is 13.0. The molecule has 0 saturated carbocycles. The van der Waals surface area contributed by atoms with Gasteiger partial charge in [-0.3, -0.25) is 9.78 Å². The monoisotopic (exact) mass is 358 g/mol. The van der Waals surface area contributed by atoms with Crippen molar-refractivity contribution in [2.75, 3.05) is 5.32 Å². The van der Waals surface area contributed by atoms with Crippen molar-refractivity contribution in [2.24, 2.45) is 0 Å². The van der Waals surface area contributed by atoms with Crippen molar-refractivity contribution < 1.29 is 18.0 Å². The Hall–Kier alpha value is -1.89. The third kappa shape index (κ3) is 3.60. The molecule has 0 aliphatic rings. The van der Waals surface area contributed by atoms with Crippen molar-refractivity contribution in [1.82, 2.24) is 4.98 Å². The summed E-state index contributed by atoms with van der Waals surface area (Å²) in [6, 6.07) is 5.06. The smallest absolute Gasteiger partial charge is 0.320 e. The van der Waals surface area contributed by atoms with E-state index in [1.165, 1.54) is 18.5 Å². The minimum Gasteiger partial charge on any atom is -0.320 e. The van der Waals surface area contributed by atoms with Gasteiger partial charge in [-0.25, -0.2) is 0 Å². The van der Waals surface area contributed by atoms with Crippen molar-refractivity contribution >= 4 is 27.5 Å². The zero-order valence-corrected chi connectivity index (χ0v) is 12.4. The topological polar surface area (TPSA) is 42.0 Å². The molecule has 1 aromatic heterocycles. The normalized spacial score (nSPS) is 11.3. The van der Waals surface area contributed by atoms with Crippen LogP contribution in [0.2, 0.25) is 0 Å². The summed E-state index contributed by atoms with van der Waals surface area (Å²) in [4.78, 5) is 15.9. The highest BCUT2D eigenvalue weighted by Crippen LogP contribution is 2.34. The number of carbonyl (C=O) groups is 1. The van der Waals surface area contributed by atoms with Gasteiger partial charge in [-0.1, -0.05) is 15.9 Å². The third-order valence-corrected chi connectivity index (χ3v) is 3.31. The molecular weight excluding hydrogens is 349 g/mol. The van der Waals surface area contributed by atoms with Crippen LogP contribution in [0.5, 0.6) is 0 Å². The number of nitrogens with one attached hydrogen (secondary N) is 1. The Balaban J connectivity index is 2.38. The van der Waals surface area contributed by atoms with Gasteiger partial charge >= 0.3 is 6.18 Å². The van der Waals surface area contributed by atoms with Crippen LogP contribution in [0.4, 0.5) is 18.9 Å². The molecule has 0 bridgehead atoms. The number of rotatable bonds is 2. The average Bonchev–Trinajstić information content (AvgIpc) is 2.40. The van der Waals surface area contributed by atoms with Crippen LogP contribution in [0.3, 0.4) is 0 Å². The number of aryl methyl sites for hydroxylation is 1. The summed E-state index contributed by atoms with van der Waals surface area (Å²) in [5.74, 6) is -0.828. The standard InChI is InChI=1S/C14H10BrF3N2O/c1-8-4-5-19-7-12(8)20-13(21)10-3-2-9(15)6-11(10)14(16,17)18/h2-7H,1H3,(H,20,21). The first-order valence-corrected chi connectivity index (χ1v) is 6.67. The fourth-order valence-corrected chi connectivity index (χ4v) is 2.09. The largest absolute Gasteiger partial charge is 0.417 e. The van der Waals surface area contributed by atoms with Crippen LogP contribution in [0, 0.1) is 6.92 Å². The quantitative estimate of drug-likeness (QED) is 0.862. The van der Waals surface area contributed by atoms with E-state index in [1.807, 2.05) is 0 Å². The van der Waals surface area contributed by atoms with Gasteiger partial charge in [0.05, 0.1) is 23.0 Å². The van der Waals surface area contributed by atoms with Crippen molar-refractivity contribution in [2.45, 2.75) is 13.1 Å². The van der Waals surface area contributed by atoms with Crippen molar-refractivity contribution in [3.63, 3.8) is 0 Å². The number of nitrogens with zero attached hydrogens (tertiary/aromatic N) is 1. The Morgan fingerprint density at radius 3 is 2.62 bits per heavy atom. The molecule has 2 aromatic rings. The maximum Gasteiger partial charge on any atom is 0.417 e. The molecular formula is C14H10BrF3N2O. The fourth-order valence-electron chi connectivity index (χ4n) is 1.73. The molecule has 21 heavy (non-hydrogen) atoms. The van der Waals surface area contributed by atoms with Gasteiger partial charge in [-0.05, 0) is 36.8 Å². The Morgan fingerprint density at radius 2 is 2.00 bits per heavy atom. The molecule has 1 amide bonds. The lowest BCUT2D eigenvalue weighted by Crippen LogP contribution is -2.19. The Bertz CT molecular complexity index is 686. The van der Waals surface area contributed by atoms with Gasteiger partial charge in [0.25, 0.3) is 5.91 Å². The summed E-state index contributed by atoms with van der Waals surface area (Å²) >= 11 is 2.97. The maximum atomic E-state index is 13.0. The number of pyridine rings is 1. The first kappa shape index (κ1) is 15.5. The van der Waals surface area contributed by atoms with Crippen LogP contribution in [-0.2, 0) is 6.18 Å². The second-order valence-electron chi connectivity index (χ2n) is 4.33. The molecule has 110 valence electrons. The van der Waals surface area contributed by atoms with E-state index in [2.05, 4.69) is 26.2 Å². The van der Waals surface area contributed by atoms with Gasteiger partial charge in [0.1, 0.15) is 0 Å². The molecule has 0 aliphatic carbocycles. The number of halogens is 4. The van der Waals surface area contributed by atoms with E-state index >= 15 is 0 Å². The first-order valence-electron chi connectivity index (χ1n) is 5.88. The molecule has 0 radical (unpaired) electrons. The summed E-state index contributed by atoms with van der Waals surface area (Å²) in [7, 11) is 0. The SMILES string of the molecule is Cc1ccncc1NC(=O)c1ccc(Br)cc1C(F)(F)F. The highest BCUT2D eigenvalue weighted by Gasteiger charge is 2.35. The Kier molecular flexibility index (Phi) is 4.32. The number of amides is 1. The van der Waals surface area contributed by atoms with E-state index in [0.717, 1.165) is 12.1 Å². The minimum absolute atomic E-state index is 0.254. The number of hydrogen-bond donors (Lipinski definition) is 1. The zero-order valence-electron chi connectivity index (χ0n) is 10.8. The lowest BCUT2D eigenvalue weighted by atomic mass is 10.1. The number of hydrogen-bond acceptors (Lipinski definition) is 2. The highest BCUT2D eigenvalue weighted by molar-refractivity contribution is 9.10. The molecule has 1 N–H and O–H groups in total. The van der Waals surface area contributed by atoms with E-state index < -0.39 is 23.2 Å². The number of carbonyl (C=O) groups excluding carboxylic acids is 1. The third-order valence-electron chi connectivity index (χ3n) is 2.82. The first-order chi connectivity index (χ1) is 9.79. The van der Waals surface area contributed by atoms with Gasteiger partial charge in [0, 0.05) is 10.7 Å². The predicted molar refractivity (Wildman–Crippen MR) is 76.1 cm³/mol. The Labute approximate surface area is 127 Å². The van der Waals surface area contributed by atoms with E-state index in [4.69, 9.17) is 0 Å². The molecule has 0 saturated heterocycles. The average molecular weight is 359 g/mol. The van der Waals surface area contributed by atoms with Crippen LogP contribution in [0.15, 0.2) is 41.1 Å². The Morgan fingerprint density at radius 1 is 1.29 bits per heavy atom. The molecule has 0 unspecified atom stereocenters. The number of anilines is 1.